The molecule has 0 spiro atoms. The van der Waals surface area contributed by atoms with Crippen LogP contribution >= 0.6 is 0 Å². The third-order valence-corrected chi connectivity index (χ3v) is 4.84. The first-order valence-corrected chi connectivity index (χ1v) is 9.17. The van der Waals surface area contributed by atoms with Crippen molar-refractivity contribution < 1.29 is 13.9 Å². The van der Waals surface area contributed by atoms with Crippen LogP contribution in [-0.4, -0.2) is 31.1 Å². The van der Waals surface area contributed by atoms with E-state index in [2.05, 4.69) is 11.0 Å². The molecule has 0 bridgehead atoms. The zero-order chi connectivity index (χ0) is 18.4. The Kier molecular flexibility index (Phi) is 6.47. The number of hydrogen-bond donors (Lipinski definition) is 1. The first kappa shape index (κ1) is 18.7. The summed E-state index contributed by atoms with van der Waals surface area (Å²) in [7, 11) is 1.61. The lowest BCUT2D eigenvalue weighted by Crippen LogP contribution is -2.26. The summed E-state index contributed by atoms with van der Waals surface area (Å²) in [5.41, 5.74) is 7.75. The van der Waals surface area contributed by atoms with Crippen molar-refractivity contribution in [3.8, 4) is 11.5 Å². The van der Waals surface area contributed by atoms with Gasteiger partial charge in [0, 0.05) is 18.2 Å². The van der Waals surface area contributed by atoms with Gasteiger partial charge in [0.05, 0.1) is 7.11 Å². The maximum absolute atomic E-state index is 13.8. The van der Waals surface area contributed by atoms with Gasteiger partial charge >= 0.3 is 0 Å². The van der Waals surface area contributed by atoms with E-state index in [1.807, 2.05) is 12.1 Å². The number of likely N-dealkylation sites (tertiary alicyclic amines) is 1. The number of halogens is 1. The summed E-state index contributed by atoms with van der Waals surface area (Å²) in [6.07, 6.45) is 3.26. The van der Waals surface area contributed by atoms with Crippen molar-refractivity contribution in [3.63, 3.8) is 0 Å². The van der Waals surface area contributed by atoms with Crippen LogP contribution in [0.4, 0.5) is 4.39 Å². The lowest BCUT2D eigenvalue weighted by molar-refractivity contribution is 0.268. The minimum Gasteiger partial charge on any atom is -0.493 e. The zero-order valence-corrected chi connectivity index (χ0v) is 15.3. The number of benzene rings is 2. The summed E-state index contributed by atoms with van der Waals surface area (Å²) in [5.74, 6) is 1.03. The Morgan fingerprint density at radius 2 is 1.96 bits per heavy atom. The van der Waals surface area contributed by atoms with Crippen molar-refractivity contribution in [1.82, 2.24) is 4.90 Å². The molecule has 26 heavy (non-hydrogen) atoms. The van der Waals surface area contributed by atoms with Crippen molar-refractivity contribution >= 4 is 0 Å². The number of rotatable bonds is 6. The van der Waals surface area contributed by atoms with Gasteiger partial charge in [0.15, 0.2) is 11.5 Å². The van der Waals surface area contributed by atoms with Crippen LogP contribution in [0, 0.1) is 5.82 Å². The van der Waals surface area contributed by atoms with Crippen LogP contribution in [0.3, 0.4) is 0 Å². The highest BCUT2D eigenvalue weighted by Gasteiger charge is 2.15. The third-order valence-electron chi connectivity index (χ3n) is 4.84. The molecule has 2 aromatic rings. The van der Waals surface area contributed by atoms with Crippen molar-refractivity contribution in [1.29, 1.82) is 0 Å². The highest BCUT2D eigenvalue weighted by Crippen LogP contribution is 2.30. The molecular weight excluding hydrogens is 331 g/mol. The van der Waals surface area contributed by atoms with Gasteiger partial charge in [-0.25, -0.2) is 4.39 Å². The summed E-state index contributed by atoms with van der Waals surface area (Å²) < 4.78 is 25.1. The second-order valence-electron chi connectivity index (χ2n) is 6.83. The summed E-state index contributed by atoms with van der Waals surface area (Å²) in [5, 5.41) is 0. The lowest BCUT2D eigenvalue weighted by Gasteiger charge is -2.21. The van der Waals surface area contributed by atoms with E-state index in [9.17, 15) is 4.39 Å². The fourth-order valence-corrected chi connectivity index (χ4v) is 3.30. The predicted octanol–water partition coefficient (Wildman–Crippen LogP) is 3.73. The van der Waals surface area contributed by atoms with Gasteiger partial charge in [-0.05, 0) is 56.1 Å². The van der Waals surface area contributed by atoms with Crippen LogP contribution in [0.2, 0.25) is 0 Å². The Morgan fingerprint density at radius 1 is 1.12 bits per heavy atom. The Bertz CT molecular complexity index is 723. The van der Waals surface area contributed by atoms with E-state index in [4.69, 9.17) is 15.2 Å². The second kappa shape index (κ2) is 9.01. The molecule has 1 atom stereocenters. The molecule has 1 aliphatic heterocycles. The molecule has 1 heterocycles. The second-order valence-corrected chi connectivity index (χ2v) is 6.83. The Hall–Kier alpha value is -2.11. The molecule has 1 fully saturated rings. The maximum Gasteiger partial charge on any atom is 0.161 e. The normalized spacial score (nSPS) is 18.3. The predicted molar refractivity (Wildman–Crippen MR) is 101 cm³/mol. The average Bonchev–Trinajstić information content (AvgIpc) is 2.85. The Labute approximate surface area is 154 Å². The quantitative estimate of drug-likeness (QED) is 0.855. The molecule has 2 aromatic carbocycles. The van der Waals surface area contributed by atoms with Crippen molar-refractivity contribution in [2.24, 2.45) is 5.73 Å². The molecule has 1 aliphatic rings. The van der Waals surface area contributed by atoms with Gasteiger partial charge in [-0.15, -0.1) is 0 Å². The van der Waals surface area contributed by atoms with E-state index >= 15 is 0 Å². The zero-order valence-electron chi connectivity index (χ0n) is 15.3. The van der Waals surface area contributed by atoms with Crippen LogP contribution in [0.15, 0.2) is 42.5 Å². The third kappa shape index (κ3) is 4.96. The molecule has 3 rings (SSSR count). The van der Waals surface area contributed by atoms with Gasteiger partial charge < -0.3 is 15.2 Å². The average molecular weight is 358 g/mol. The van der Waals surface area contributed by atoms with Gasteiger partial charge in [-0.1, -0.05) is 24.3 Å². The summed E-state index contributed by atoms with van der Waals surface area (Å²) in [4.78, 5) is 2.43. The molecule has 0 aromatic heterocycles. The fraction of sp³-hybridized carbons (Fsp3) is 0.429. The van der Waals surface area contributed by atoms with Gasteiger partial charge in [-0.2, -0.15) is 0 Å². The lowest BCUT2D eigenvalue weighted by atomic mass is 10.1. The number of hydrogen-bond acceptors (Lipinski definition) is 4. The minimum absolute atomic E-state index is 0.172. The number of nitrogens with zero attached hydrogens (tertiary/aromatic N) is 1. The highest BCUT2D eigenvalue weighted by atomic mass is 19.1. The van der Waals surface area contributed by atoms with Crippen molar-refractivity contribution in [2.45, 2.75) is 38.5 Å². The molecule has 4 nitrogen and oxygen atoms in total. The largest absolute Gasteiger partial charge is 0.493 e. The van der Waals surface area contributed by atoms with Crippen LogP contribution < -0.4 is 15.2 Å². The van der Waals surface area contributed by atoms with Gasteiger partial charge in [0.1, 0.15) is 12.4 Å². The van der Waals surface area contributed by atoms with E-state index < -0.39 is 0 Å². The SMILES string of the molecule is COc1ccc(CN2CCC[C@H](N)CC2)cc1OCc1ccccc1F. The first-order valence-electron chi connectivity index (χ1n) is 9.17. The minimum atomic E-state index is -0.261. The van der Waals surface area contributed by atoms with Gasteiger partial charge in [0.2, 0.25) is 0 Å². The molecule has 0 saturated carbocycles. The van der Waals surface area contributed by atoms with Crippen LogP contribution in [0.1, 0.15) is 30.4 Å². The van der Waals surface area contributed by atoms with Gasteiger partial charge in [0.25, 0.3) is 0 Å². The topological polar surface area (TPSA) is 47.7 Å². The molecule has 2 N–H and O–H groups in total. The summed E-state index contributed by atoms with van der Waals surface area (Å²) in [6, 6.07) is 12.9. The van der Waals surface area contributed by atoms with Gasteiger partial charge in [-0.3, -0.25) is 4.90 Å². The van der Waals surface area contributed by atoms with Crippen LogP contribution in [0.5, 0.6) is 11.5 Å². The van der Waals surface area contributed by atoms with E-state index in [0.29, 0.717) is 23.1 Å². The standard InChI is InChI=1S/C21H27FN2O2/c1-25-20-9-8-16(14-24-11-4-6-18(23)10-12-24)13-21(20)26-15-17-5-2-3-7-19(17)22/h2-3,5,7-9,13,18H,4,6,10-12,14-15,23H2,1H3/t18-/m0/s1. The molecule has 0 unspecified atom stereocenters. The smallest absolute Gasteiger partial charge is 0.161 e. The molecule has 0 aliphatic carbocycles. The molecule has 1 saturated heterocycles. The first-order chi connectivity index (χ1) is 12.7. The van der Waals surface area contributed by atoms with E-state index in [1.165, 1.54) is 6.07 Å². The van der Waals surface area contributed by atoms with Crippen molar-refractivity contribution in [2.75, 3.05) is 20.2 Å². The summed E-state index contributed by atoms with van der Waals surface area (Å²) >= 11 is 0. The Balaban J connectivity index is 1.68. The maximum atomic E-state index is 13.8. The number of methoxy groups -OCH3 is 1. The van der Waals surface area contributed by atoms with Crippen molar-refractivity contribution in [3.05, 3.63) is 59.4 Å². The molecule has 5 heteroatoms. The van der Waals surface area contributed by atoms with Crippen LogP contribution in [-0.2, 0) is 13.2 Å². The molecule has 0 radical (unpaired) electrons. The monoisotopic (exact) mass is 358 g/mol. The van der Waals surface area contributed by atoms with E-state index in [0.717, 1.165) is 44.5 Å². The van der Waals surface area contributed by atoms with Crippen LogP contribution in [0.25, 0.3) is 0 Å². The Morgan fingerprint density at radius 3 is 2.77 bits per heavy atom. The van der Waals surface area contributed by atoms with E-state index in [1.54, 1.807) is 25.3 Å². The molecule has 0 amide bonds. The molecular formula is C21H27FN2O2. The highest BCUT2D eigenvalue weighted by molar-refractivity contribution is 5.43. The summed E-state index contributed by atoms with van der Waals surface area (Å²) in [6.45, 7) is 3.10. The fourth-order valence-electron chi connectivity index (χ4n) is 3.30. The van der Waals surface area contributed by atoms with E-state index in [-0.39, 0.29) is 12.4 Å². The number of nitrogens with two attached hydrogens (primary N) is 1. The number of ether oxygens (including phenoxy) is 2. The molecule has 140 valence electrons.